The number of anilines is 2. The van der Waals surface area contributed by atoms with Crippen LogP contribution in [0.4, 0.5) is 11.4 Å². The minimum atomic E-state index is -0.611. The summed E-state index contributed by atoms with van der Waals surface area (Å²) in [5, 5.41) is 9.61. The lowest BCUT2D eigenvalue weighted by Gasteiger charge is -2.40. The van der Waals surface area contributed by atoms with E-state index in [1.165, 1.54) is 6.20 Å². The van der Waals surface area contributed by atoms with Gasteiger partial charge in [0.1, 0.15) is 17.4 Å². The molecule has 5 aliphatic heterocycles. The van der Waals surface area contributed by atoms with Crippen molar-refractivity contribution in [2.45, 2.75) is 83.6 Å². The van der Waals surface area contributed by atoms with E-state index in [0.29, 0.717) is 59.2 Å². The third kappa shape index (κ3) is 7.09. The molecule has 3 fully saturated rings. The van der Waals surface area contributed by atoms with Crippen LogP contribution in [0.15, 0.2) is 55.0 Å². The van der Waals surface area contributed by atoms with Crippen molar-refractivity contribution in [3.63, 3.8) is 0 Å². The molecule has 2 N–H and O–H groups in total. The number of fused-ring (bicyclic) bond motifs is 3. The molecule has 15 nitrogen and oxygen atoms in total. The molecule has 0 radical (unpaired) electrons. The van der Waals surface area contributed by atoms with Crippen molar-refractivity contribution in [1.29, 1.82) is 0 Å². The Hall–Kier alpha value is -5.83. The molecule has 1 atom stereocenters. The van der Waals surface area contributed by atoms with Crippen LogP contribution in [0.25, 0.3) is 5.65 Å². The summed E-state index contributed by atoms with van der Waals surface area (Å²) in [6, 6.07) is 11.0. The monoisotopic (exact) mass is 773 g/mol. The van der Waals surface area contributed by atoms with Crippen LogP contribution in [0.2, 0.25) is 0 Å². The lowest BCUT2D eigenvalue weighted by atomic mass is 9.94. The smallest absolute Gasteiger partial charge is 0.261 e. The topological polar surface area (TPSA) is 162 Å². The van der Waals surface area contributed by atoms with Gasteiger partial charge >= 0.3 is 0 Å². The van der Waals surface area contributed by atoms with Gasteiger partial charge in [-0.3, -0.25) is 29.3 Å². The highest BCUT2D eigenvalue weighted by Gasteiger charge is 2.40. The molecule has 0 bridgehead atoms. The lowest BCUT2D eigenvalue weighted by Crippen LogP contribution is -2.52. The summed E-state index contributed by atoms with van der Waals surface area (Å²) in [6.45, 7) is 9.41. The van der Waals surface area contributed by atoms with Gasteiger partial charge in [-0.2, -0.15) is 5.10 Å². The number of ether oxygens (including phenoxy) is 1. The number of hydrogen-bond acceptors (Lipinski definition) is 10. The molecule has 2 aromatic heterocycles. The van der Waals surface area contributed by atoms with Crippen molar-refractivity contribution in [1.82, 2.24) is 34.6 Å². The van der Waals surface area contributed by atoms with E-state index in [2.05, 4.69) is 36.6 Å². The molecule has 57 heavy (non-hydrogen) atoms. The average Bonchev–Trinajstić information content (AvgIpc) is 3.88. The summed E-state index contributed by atoms with van der Waals surface area (Å²) >= 11 is 0. The Morgan fingerprint density at radius 3 is 2.44 bits per heavy atom. The minimum Gasteiger partial charge on any atom is -0.489 e. The normalized spacial score (nSPS) is 20.8. The van der Waals surface area contributed by atoms with Crippen LogP contribution in [-0.4, -0.2) is 110 Å². The predicted octanol–water partition coefficient (Wildman–Crippen LogP) is 3.87. The molecule has 9 rings (SSSR count). The third-order valence-electron chi connectivity index (χ3n) is 12.2. The number of piperidine rings is 3. The van der Waals surface area contributed by atoms with Crippen molar-refractivity contribution < 1.29 is 28.7 Å². The number of likely N-dealkylation sites (tertiary alicyclic amines) is 1. The number of nitrogens with zero attached hydrogens (tertiary/aromatic N) is 7. The van der Waals surface area contributed by atoms with Gasteiger partial charge < -0.3 is 29.7 Å². The quantitative estimate of drug-likeness (QED) is 0.239. The molecule has 0 spiro atoms. The summed E-state index contributed by atoms with van der Waals surface area (Å²) in [5.41, 5.74) is 5.41. The summed E-state index contributed by atoms with van der Waals surface area (Å²) in [4.78, 5) is 77.5. The number of hydrogen-bond donors (Lipinski definition) is 2. The Morgan fingerprint density at radius 2 is 1.67 bits per heavy atom. The van der Waals surface area contributed by atoms with Gasteiger partial charge in [0.2, 0.25) is 11.8 Å². The van der Waals surface area contributed by atoms with Crippen molar-refractivity contribution in [3.8, 4) is 5.75 Å². The first-order chi connectivity index (χ1) is 27.6. The molecule has 4 aromatic rings. The van der Waals surface area contributed by atoms with Crippen LogP contribution in [-0.2, 0) is 22.7 Å². The van der Waals surface area contributed by atoms with E-state index in [1.54, 1.807) is 33.9 Å². The highest BCUT2D eigenvalue weighted by atomic mass is 16.5. The van der Waals surface area contributed by atoms with E-state index in [4.69, 9.17) is 4.74 Å². The zero-order valence-corrected chi connectivity index (χ0v) is 32.3. The van der Waals surface area contributed by atoms with Gasteiger partial charge in [0.05, 0.1) is 18.0 Å². The molecule has 15 heteroatoms. The second-order valence-electron chi connectivity index (χ2n) is 16.2. The van der Waals surface area contributed by atoms with Crippen LogP contribution in [0.1, 0.15) is 94.6 Å². The van der Waals surface area contributed by atoms with E-state index in [1.807, 2.05) is 36.9 Å². The van der Waals surface area contributed by atoms with Crippen molar-refractivity contribution in [2.24, 2.45) is 5.92 Å². The van der Waals surface area contributed by atoms with E-state index >= 15 is 0 Å². The Morgan fingerprint density at radius 1 is 0.912 bits per heavy atom. The predicted molar refractivity (Wildman–Crippen MR) is 210 cm³/mol. The Bertz CT molecular complexity index is 2270. The molecule has 5 aliphatic rings. The van der Waals surface area contributed by atoms with Crippen LogP contribution < -0.4 is 20.3 Å². The van der Waals surface area contributed by atoms with Crippen LogP contribution in [0, 0.1) is 5.92 Å². The number of rotatable bonds is 9. The number of carbonyl (C=O) groups excluding carboxylic acids is 5. The highest BCUT2D eigenvalue weighted by Crippen LogP contribution is 2.37. The summed E-state index contributed by atoms with van der Waals surface area (Å²) in [5.74, 6) is -0.139. The lowest BCUT2D eigenvalue weighted by molar-refractivity contribution is -0.136. The van der Waals surface area contributed by atoms with E-state index in [0.717, 1.165) is 75.2 Å². The maximum absolute atomic E-state index is 13.8. The van der Waals surface area contributed by atoms with Gasteiger partial charge in [-0.15, -0.1) is 0 Å². The zero-order valence-electron chi connectivity index (χ0n) is 32.3. The van der Waals surface area contributed by atoms with Gasteiger partial charge in [-0.25, -0.2) is 9.50 Å². The van der Waals surface area contributed by atoms with Crippen molar-refractivity contribution >= 4 is 46.6 Å². The molecule has 1 unspecified atom stereocenters. The molecule has 5 amide bonds. The maximum atomic E-state index is 13.8. The Kier molecular flexibility index (Phi) is 9.63. The number of nitrogens with one attached hydrogen (secondary N) is 2. The van der Waals surface area contributed by atoms with E-state index < -0.39 is 11.9 Å². The fourth-order valence-corrected chi connectivity index (χ4v) is 9.18. The molecule has 0 aliphatic carbocycles. The largest absolute Gasteiger partial charge is 0.489 e. The van der Waals surface area contributed by atoms with E-state index in [-0.39, 0.29) is 42.2 Å². The highest BCUT2D eigenvalue weighted by molar-refractivity contribution is 6.09. The number of imide groups is 1. The Labute approximate surface area is 330 Å². The summed E-state index contributed by atoms with van der Waals surface area (Å²) in [6.07, 6.45) is 9.21. The zero-order chi connectivity index (χ0) is 39.4. The van der Waals surface area contributed by atoms with Crippen LogP contribution in [0.3, 0.4) is 0 Å². The molecular formula is C42H47N9O6. The molecule has 2 aromatic carbocycles. The fourth-order valence-electron chi connectivity index (χ4n) is 9.18. The fraction of sp³-hybridized carbons (Fsp3) is 0.452. The average molecular weight is 774 g/mol. The first kappa shape index (κ1) is 36.8. The molecular weight excluding hydrogens is 727 g/mol. The first-order valence-corrected chi connectivity index (χ1v) is 20.1. The maximum Gasteiger partial charge on any atom is 0.261 e. The number of aromatic nitrogens is 3. The molecule has 296 valence electrons. The van der Waals surface area contributed by atoms with E-state index in [9.17, 15) is 24.0 Å². The van der Waals surface area contributed by atoms with Crippen LogP contribution >= 0.6 is 0 Å². The number of benzene rings is 2. The number of amides is 5. The molecule has 3 saturated heterocycles. The second-order valence-corrected chi connectivity index (χ2v) is 16.2. The second kappa shape index (κ2) is 14.9. The van der Waals surface area contributed by atoms with Gasteiger partial charge in [0.25, 0.3) is 17.7 Å². The van der Waals surface area contributed by atoms with Crippen molar-refractivity contribution in [2.75, 3.05) is 42.9 Å². The van der Waals surface area contributed by atoms with Gasteiger partial charge in [0, 0.05) is 87.5 Å². The number of carbonyl (C=O) groups is 5. The molecule has 0 saturated carbocycles. The third-order valence-corrected chi connectivity index (χ3v) is 12.2. The molecule has 7 heterocycles. The van der Waals surface area contributed by atoms with Gasteiger partial charge in [0.15, 0.2) is 5.65 Å². The van der Waals surface area contributed by atoms with Gasteiger partial charge in [-0.05, 0) is 93.3 Å². The SMILES string of the molecule is CC(C)Oc1cc2c(cc1NC(=O)c1cnn3cccnc13)CN(C1CCN(CC3CCN(c4ccc5c(c4)C(=O)N(C4CCC(=O)NC4=O)C5)CC3)CC1)C2=O. The van der Waals surface area contributed by atoms with Crippen LogP contribution in [0.5, 0.6) is 5.75 Å². The summed E-state index contributed by atoms with van der Waals surface area (Å²) in [7, 11) is 0. The standard InChI is InChI=1S/C42H47N9O6/c1-25(2)57-36-20-32-28(18-34(36)45-39(53)33-21-44-51-13-3-12-43-38(33)51)24-49(41(32)55)29-10-14-47(15-11-29)22-26-8-16-48(17-9-26)30-5-4-27-23-50(42(56)31(27)19-30)35-6-7-37(52)46-40(35)54/h3-5,12-13,18-21,25-26,29,35H,6-11,14-17,22-24H2,1-2H3,(H,45,53)(H,46,52,54). The first-order valence-electron chi connectivity index (χ1n) is 20.1. The summed E-state index contributed by atoms with van der Waals surface area (Å²) < 4.78 is 7.66. The van der Waals surface area contributed by atoms with Crippen molar-refractivity contribution in [3.05, 3.63) is 82.8 Å². The minimum absolute atomic E-state index is 0.00562. The Balaban J connectivity index is 0.779. The van der Waals surface area contributed by atoms with Gasteiger partial charge in [-0.1, -0.05) is 6.07 Å².